The standard InChI is InChI=1S/C13H12Cl3N3O/c1-2-19-7-11(16)12(18-19)6-17-13(20)9-4-3-8(14)5-10(9)15/h3-5,7H,2,6H2,1H3,(H,17,20). The van der Waals surface area contributed by atoms with Gasteiger partial charge in [-0.05, 0) is 25.1 Å². The SMILES string of the molecule is CCn1cc(Cl)c(CNC(=O)c2ccc(Cl)cc2Cl)n1. The lowest BCUT2D eigenvalue weighted by Crippen LogP contribution is -2.23. The van der Waals surface area contributed by atoms with Crippen molar-refractivity contribution in [2.45, 2.75) is 20.0 Å². The molecular formula is C13H12Cl3N3O. The summed E-state index contributed by atoms with van der Waals surface area (Å²) in [4.78, 5) is 12.0. The van der Waals surface area contributed by atoms with Crippen LogP contribution in [0, 0.1) is 0 Å². The number of halogens is 3. The lowest BCUT2D eigenvalue weighted by atomic mass is 10.2. The molecule has 0 aliphatic rings. The minimum absolute atomic E-state index is 0.240. The molecule has 0 bridgehead atoms. The van der Waals surface area contributed by atoms with E-state index in [9.17, 15) is 4.79 Å². The second kappa shape index (κ2) is 6.48. The first-order valence-corrected chi connectivity index (χ1v) is 7.09. The van der Waals surface area contributed by atoms with E-state index in [0.717, 1.165) is 6.54 Å². The molecule has 2 rings (SSSR count). The molecule has 20 heavy (non-hydrogen) atoms. The summed E-state index contributed by atoms with van der Waals surface area (Å²) < 4.78 is 1.71. The van der Waals surface area contributed by atoms with Crippen molar-refractivity contribution in [2.24, 2.45) is 0 Å². The van der Waals surface area contributed by atoms with E-state index >= 15 is 0 Å². The zero-order valence-corrected chi connectivity index (χ0v) is 12.9. The summed E-state index contributed by atoms with van der Waals surface area (Å²) in [5.41, 5.74) is 0.981. The Morgan fingerprint density at radius 3 is 2.65 bits per heavy atom. The molecule has 0 fully saturated rings. The third kappa shape index (κ3) is 3.45. The molecule has 1 amide bonds. The Kier molecular flexibility index (Phi) is 4.91. The number of hydrogen-bond acceptors (Lipinski definition) is 2. The van der Waals surface area contributed by atoms with Gasteiger partial charge in [-0.2, -0.15) is 5.10 Å². The fraction of sp³-hybridized carbons (Fsp3) is 0.231. The minimum atomic E-state index is -0.297. The molecule has 0 spiro atoms. The molecule has 106 valence electrons. The predicted molar refractivity (Wildman–Crippen MR) is 80.5 cm³/mol. The number of carbonyl (C=O) groups is 1. The van der Waals surface area contributed by atoms with Crippen molar-refractivity contribution in [1.82, 2.24) is 15.1 Å². The van der Waals surface area contributed by atoms with Gasteiger partial charge in [0.15, 0.2) is 0 Å². The van der Waals surface area contributed by atoms with Crippen LogP contribution in [-0.4, -0.2) is 15.7 Å². The van der Waals surface area contributed by atoms with Crippen molar-refractivity contribution in [1.29, 1.82) is 0 Å². The summed E-state index contributed by atoms with van der Waals surface area (Å²) in [6, 6.07) is 4.71. The second-order valence-corrected chi connectivity index (χ2v) is 5.34. The molecule has 0 unspecified atom stereocenters. The van der Waals surface area contributed by atoms with Gasteiger partial charge in [0.05, 0.1) is 22.2 Å². The second-order valence-electron chi connectivity index (χ2n) is 4.09. The predicted octanol–water partition coefficient (Wildman–Crippen LogP) is 3.79. The number of rotatable bonds is 4. The number of hydrogen-bond donors (Lipinski definition) is 1. The maximum atomic E-state index is 12.0. The van der Waals surface area contributed by atoms with Gasteiger partial charge in [0, 0.05) is 17.8 Å². The van der Waals surface area contributed by atoms with E-state index in [1.807, 2.05) is 6.92 Å². The van der Waals surface area contributed by atoms with Crippen LogP contribution in [0.4, 0.5) is 0 Å². The first kappa shape index (κ1) is 15.2. The van der Waals surface area contributed by atoms with Gasteiger partial charge in [-0.25, -0.2) is 0 Å². The van der Waals surface area contributed by atoms with E-state index in [4.69, 9.17) is 34.8 Å². The highest BCUT2D eigenvalue weighted by Gasteiger charge is 2.12. The number of aromatic nitrogens is 2. The Hall–Kier alpha value is -1.23. The molecule has 1 aromatic heterocycles. The smallest absolute Gasteiger partial charge is 0.253 e. The van der Waals surface area contributed by atoms with Crippen LogP contribution in [0.2, 0.25) is 15.1 Å². The minimum Gasteiger partial charge on any atom is -0.346 e. The van der Waals surface area contributed by atoms with Crippen molar-refractivity contribution in [3.63, 3.8) is 0 Å². The molecule has 0 saturated heterocycles. The van der Waals surface area contributed by atoms with Crippen LogP contribution in [0.3, 0.4) is 0 Å². The van der Waals surface area contributed by atoms with E-state index in [-0.39, 0.29) is 12.5 Å². The maximum Gasteiger partial charge on any atom is 0.253 e. The quantitative estimate of drug-likeness (QED) is 0.926. The van der Waals surface area contributed by atoms with Gasteiger partial charge < -0.3 is 5.32 Å². The Bertz CT molecular complexity index is 640. The fourth-order valence-electron chi connectivity index (χ4n) is 1.65. The highest BCUT2D eigenvalue weighted by Crippen LogP contribution is 2.21. The van der Waals surface area contributed by atoms with Gasteiger partial charge in [-0.3, -0.25) is 9.48 Å². The summed E-state index contributed by atoms with van der Waals surface area (Å²) in [6.07, 6.45) is 1.72. The van der Waals surface area contributed by atoms with Crippen molar-refractivity contribution >= 4 is 40.7 Å². The van der Waals surface area contributed by atoms with Gasteiger partial charge in [-0.1, -0.05) is 34.8 Å². The molecule has 1 heterocycles. The fourth-order valence-corrected chi connectivity index (χ4v) is 2.36. The van der Waals surface area contributed by atoms with Gasteiger partial charge in [0.1, 0.15) is 5.69 Å². The molecule has 1 aromatic carbocycles. The highest BCUT2D eigenvalue weighted by molar-refractivity contribution is 6.36. The lowest BCUT2D eigenvalue weighted by Gasteiger charge is -2.06. The Balaban J connectivity index is 2.06. The summed E-state index contributed by atoms with van der Waals surface area (Å²) in [7, 11) is 0. The lowest BCUT2D eigenvalue weighted by molar-refractivity contribution is 0.0950. The molecule has 0 aliphatic heterocycles. The highest BCUT2D eigenvalue weighted by atomic mass is 35.5. The molecule has 0 aliphatic carbocycles. The molecule has 7 heteroatoms. The Morgan fingerprint density at radius 1 is 1.30 bits per heavy atom. The normalized spacial score (nSPS) is 10.6. The number of nitrogens with zero attached hydrogens (tertiary/aromatic N) is 2. The van der Waals surface area contributed by atoms with Crippen LogP contribution in [0.25, 0.3) is 0 Å². The first-order chi connectivity index (χ1) is 9.51. The third-order valence-electron chi connectivity index (χ3n) is 2.70. The van der Waals surface area contributed by atoms with Crippen LogP contribution in [0.1, 0.15) is 23.0 Å². The van der Waals surface area contributed by atoms with Gasteiger partial charge in [0.2, 0.25) is 0 Å². The molecule has 4 nitrogen and oxygen atoms in total. The van der Waals surface area contributed by atoms with E-state index in [2.05, 4.69) is 10.4 Å². The van der Waals surface area contributed by atoms with Gasteiger partial charge in [-0.15, -0.1) is 0 Å². The number of nitrogens with one attached hydrogen (secondary N) is 1. The maximum absolute atomic E-state index is 12.0. The average molecular weight is 333 g/mol. The van der Waals surface area contributed by atoms with Crippen molar-refractivity contribution in [3.8, 4) is 0 Å². The van der Waals surface area contributed by atoms with E-state index in [1.165, 1.54) is 6.07 Å². The average Bonchev–Trinajstić information content (AvgIpc) is 2.76. The zero-order valence-electron chi connectivity index (χ0n) is 10.7. The van der Waals surface area contributed by atoms with Crippen molar-refractivity contribution in [2.75, 3.05) is 0 Å². The third-order valence-corrected chi connectivity index (χ3v) is 3.57. The number of aryl methyl sites for hydroxylation is 1. The van der Waals surface area contributed by atoms with E-state index in [1.54, 1.807) is 23.0 Å². The number of amides is 1. The van der Waals surface area contributed by atoms with Gasteiger partial charge >= 0.3 is 0 Å². The van der Waals surface area contributed by atoms with Crippen LogP contribution in [0.5, 0.6) is 0 Å². The zero-order chi connectivity index (χ0) is 14.7. The molecule has 0 atom stereocenters. The van der Waals surface area contributed by atoms with E-state index in [0.29, 0.717) is 26.3 Å². The molecule has 0 saturated carbocycles. The summed E-state index contributed by atoms with van der Waals surface area (Å²) in [5.74, 6) is -0.297. The van der Waals surface area contributed by atoms with Gasteiger partial charge in [0.25, 0.3) is 5.91 Å². The largest absolute Gasteiger partial charge is 0.346 e. The van der Waals surface area contributed by atoms with Crippen LogP contribution in [0.15, 0.2) is 24.4 Å². The Morgan fingerprint density at radius 2 is 2.05 bits per heavy atom. The van der Waals surface area contributed by atoms with E-state index < -0.39 is 0 Å². The van der Waals surface area contributed by atoms with Crippen LogP contribution in [-0.2, 0) is 13.1 Å². The number of benzene rings is 1. The molecule has 2 aromatic rings. The first-order valence-electron chi connectivity index (χ1n) is 5.96. The van der Waals surface area contributed by atoms with Crippen LogP contribution >= 0.6 is 34.8 Å². The molecular weight excluding hydrogens is 321 g/mol. The van der Waals surface area contributed by atoms with Crippen LogP contribution < -0.4 is 5.32 Å². The Labute approximate surface area is 131 Å². The molecule has 1 N–H and O–H groups in total. The molecule has 0 radical (unpaired) electrons. The summed E-state index contributed by atoms with van der Waals surface area (Å²) in [6.45, 7) is 2.92. The number of carbonyl (C=O) groups excluding carboxylic acids is 1. The van der Waals surface area contributed by atoms with Crippen molar-refractivity contribution < 1.29 is 4.79 Å². The topological polar surface area (TPSA) is 46.9 Å². The summed E-state index contributed by atoms with van der Waals surface area (Å²) >= 11 is 17.8. The summed E-state index contributed by atoms with van der Waals surface area (Å²) in [5, 5.41) is 8.28. The monoisotopic (exact) mass is 331 g/mol. The van der Waals surface area contributed by atoms with Crippen molar-refractivity contribution in [3.05, 3.63) is 50.7 Å².